The van der Waals surface area contributed by atoms with Gasteiger partial charge in [-0.1, -0.05) is 31.0 Å². The van der Waals surface area contributed by atoms with Crippen LogP contribution in [0.5, 0.6) is 0 Å². The summed E-state index contributed by atoms with van der Waals surface area (Å²) in [7, 11) is 0. The number of hydrogen-bond acceptors (Lipinski definition) is 2. The van der Waals surface area contributed by atoms with E-state index < -0.39 is 0 Å². The van der Waals surface area contributed by atoms with Gasteiger partial charge in [-0.15, -0.1) is 0 Å². The molecule has 108 valence electrons. The number of benzene rings is 1. The quantitative estimate of drug-likeness (QED) is 0.759. The molecule has 0 aliphatic heterocycles. The summed E-state index contributed by atoms with van der Waals surface area (Å²) in [5, 5.41) is 12.6. The Hall–Kier alpha value is -0.640. The first-order chi connectivity index (χ1) is 9.08. The van der Waals surface area contributed by atoms with Gasteiger partial charge in [0, 0.05) is 12.6 Å². The van der Waals surface area contributed by atoms with E-state index in [1.54, 1.807) is 12.1 Å². The van der Waals surface area contributed by atoms with Crippen molar-refractivity contribution in [3.63, 3.8) is 0 Å². The monoisotopic (exact) mass is 287 g/mol. The summed E-state index contributed by atoms with van der Waals surface area (Å²) in [5.41, 5.74) is 0.977. The zero-order valence-electron chi connectivity index (χ0n) is 11.6. The molecule has 0 bridgehead atoms. The van der Waals surface area contributed by atoms with Crippen LogP contribution in [0, 0.1) is 11.7 Å². The number of nitrogens with one attached hydrogen (secondary N) is 1. The fraction of sp³-hybridized carbons (Fsp3) is 0.600. The third-order valence-corrected chi connectivity index (χ3v) is 3.68. The molecule has 4 heteroatoms. The molecule has 1 rings (SSSR count). The molecule has 0 saturated carbocycles. The lowest BCUT2D eigenvalue weighted by Gasteiger charge is -2.20. The Balaban J connectivity index is 2.53. The van der Waals surface area contributed by atoms with Crippen LogP contribution >= 0.6 is 11.6 Å². The predicted molar refractivity (Wildman–Crippen MR) is 77.9 cm³/mol. The van der Waals surface area contributed by atoms with Crippen LogP contribution in [0.1, 0.15) is 44.7 Å². The summed E-state index contributed by atoms with van der Waals surface area (Å²) < 4.78 is 13.1. The third-order valence-electron chi connectivity index (χ3n) is 3.39. The molecule has 0 aliphatic carbocycles. The Labute approximate surface area is 120 Å². The van der Waals surface area contributed by atoms with Crippen LogP contribution < -0.4 is 5.32 Å². The highest BCUT2D eigenvalue weighted by atomic mass is 35.5. The van der Waals surface area contributed by atoms with Gasteiger partial charge in [0.2, 0.25) is 0 Å². The lowest BCUT2D eigenvalue weighted by molar-refractivity contribution is 0.246. The fourth-order valence-electron chi connectivity index (χ4n) is 2.18. The molecule has 0 radical (unpaired) electrons. The molecule has 2 nitrogen and oxygen atoms in total. The van der Waals surface area contributed by atoms with Gasteiger partial charge in [0.25, 0.3) is 0 Å². The largest absolute Gasteiger partial charge is 0.396 e. The molecule has 2 atom stereocenters. The van der Waals surface area contributed by atoms with Gasteiger partial charge in [-0.05, 0) is 49.9 Å². The van der Waals surface area contributed by atoms with Crippen molar-refractivity contribution in [1.29, 1.82) is 0 Å². The summed E-state index contributed by atoms with van der Waals surface area (Å²) >= 11 is 5.78. The maximum atomic E-state index is 13.1. The van der Waals surface area contributed by atoms with Crippen LogP contribution in [0.15, 0.2) is 18.2 Å². The third kappa shape index (κ3) is 5.47. The number of hydrogen-bond donors (Lipinski definition) is 2. The van der Waals surface area contributed by atoms with Crippen molar-refractivity contribution in [3.8, 4) is 0 Å². The van der Waals surface area contributed by atoms with Crippen LogP contribution in [0.25, 0.3) is 0 Å². The van der Waals surface area contributed by atoms with Crippen LogP contribution in [-0.4, -0.2) is 18.3 Å². The zero-order chi connectivity index (χ0) is 14.3. The molecule has 0 amide bonds. The lowest BCUT2D eigenvalue weighted by atomic mass is 9.99. The molecule has 2 unspecified atom stereocenters. The molecule has 1 aromatic rings. The standard InChI is InChI=1S/C15H23ClFNO/c1-3-4-12(7-8-19)10-18-11(2)13-5-6-15(17)14(16)9-13/h5-6,9,11-12,18-19H,3-4,7-8,10H2,1-2H3. The van der Waals surface area contributed by atoms with E-state index >= 15 is 0 Å². The summed E-state index contributed by atoms with van der Waals surface area (Å²) in [6.45, 7) is 5.26. The maximum absolute atomic E-state index is 13.1. The average molecular weight is 288 g/mol. The Kier molecular flexibility index (Phi) is 7.36. The van der Waals surface area contributed by atoms with E-state index in [0.717, 1.165) is 31.4 Å². The molecule has 0 spiro atoms. The van der Waals surface area contributed by atoms with Gasteiger partial charge in [0.05, 0.1) is 5.02 Å². The molecule has 19 heavy (non-hydrogen) atoms. The van der Waals surface area contributed by atoms with Gasteiger partial charge in [-0.25, -0.2) is 4.39 Å². The summed E-state index contributed by atoms with van der Waals surface area (Å²) in [6, 6.07) is 4.93. The second-order valence-corrected chi connectivity index (χ2v) is 5.38. The number of aliphatic hydroxyl groups excluding tert-OH is 1. The second-order valence-electron chi connectivity index (χ2n) is 4.97. The number of aliphatic hydroxyl groups is 1. The molecule has 0 fully saturated rings. The van der Waals surface area contributed by atoms with Gasteiger partial charge >= 0.3 is 0 Å². The molecule has 0 aliphatic rings. The van der Waals surface area contributed by atoms with Crippen molar-refractivity contribution in [2.45, 2.75) is 39.2 Å². The molecular formula is C15H23ClFNO. The Morgan fingerprint density at radius 3 is 2.68 bits per heavy atom. The van der Waals surface area contributed by atoms with Gasteiger partial charge < -0.3 is 10.4 Å². The van der Waals surface area contributed by atoms with E-state index in [-0.39, 0.29) is 23.5 Å². The van der Waals surface area contributed by atoms with Crippen molar-refractivity contribution in [3.05, 3.63) is 34.6 Å². The van der Waals surface area contributed by atoms with E-state index in [4.69, 9.17) is 16.7 Å². The lowest BCUT2D eigenvalue weighted by Crippen LogP contribution is -2.26. The van der Waals surface area contributed by atoms with Crippen molar-refractivity contribution < 1.29 is 9.50 Å². The van der Waals surface area contributed by atoms with Crippen molar-refractivity contribution in [2.75, 3.05) is 13.2 Å². The second kappa shape index (κ2) is 8.51. The van der Waals surface area contributed by atoms with Crippen LogP contribution in [0.3, 0.4) is 0 Å². The first kappa shape index (κ1) is 16.4. The van der Waals surface area contributed by atoms with E-state index in [0.29, 0.717) is 5.92 Å². The highest BCUT2D eigenvalue weighted by Crippen LogP contribution is 2.21. The van der Waals surface area contributed by atoms with Gasteiger partial charge in [0.1, 0.15) is 5.82 Å². The fourth-order valence-corrected chi connectivity index (χ4v) is 2.37. The zero-order valence-corrected chi connectivity index (χ0v) is 12.4. The van der Waals surface area contributed by atoms with Gasteiger partial charge in [0.15, 0.2) is 0 Å². The summed E-state index contributed by atoms with van der Waals surface area (Å²) in [5.74, 6) is 0.0927. The van der Waals surface area contributed by atoms with E-state index in [9.17, 15) is 4.39 Å². The van der Waals surface area contributed by atoms with Crippen molar-refractivity contribution in [2.24, 2.45) is 5.92 Å². The SMILES string of the molecule is CCCC(CCO)CNC(C)c1ccc(F)c(Cl)c1. The smallest absolute Gasteiger partial charge is 0.141 e. The Bertz CT molecular complexity index is 380. The highest BCUT2D eigenvalue weighted by Gasteiger charge is 2.11. The Morgan fingerprint density at radius 1 is 1.37 bits per heavy atom. The molecule has 0 aromatic heterocycles. The Morgan fingerprint density at radius 2 is 2.11 bits per heavy atom. The van der Waals surface area contributed by atoms with E-state index in [2.05, 4.69) is 12.2 Å². The minimum Gasteiger partial charge on any atom is -0.396 e. The minimum atomic E-state index is -0.387. The molecular weight excluding hydrogens is 265 g/mol. The van der Waals surface area contributed by atoms with Gasteiger partial charge in [-0.2, -0.15) is 0 Å². The molecule has 1 aromatic carbocycles. The first-order valence-corrected chi connectivity index (χ1v) is 7.25. The number of rotatable bonds is 8. The maximum Gasteiger partial charge on any atom is 0.141 e. The normalized spacial score (nSPS) is 14.4. The predicted octanol–water partition coefficient (Wildman–Crippen LogP) is 3.93. The highest BCUT2D eigenvalue weighted by molar-refractivity contribution is 6.30. The van der Waals surface area contributed by atoms with E-state index in [1.165, 1.54) is 6.07 Å². The minimum absolute atomic E-state index is 0.121. The number of halogens is 2. The summed E-state index contributed by atoms with van der Waals surface area (Å²) in [4.78, 5) is 0. The summed E-state index contributed by atoms with van der Waals surface area (Å²) in [6.07, 6.45) is 3.03. The first-order valence-electron chi connectivity index (χ1n) is 6.87. The van der Waals surface area contributed by atoms with Crippen LogP contribution in [-0.2, 0) is 0 Å². The average Bonchev–Trinajstić information content (AvgIpc) is 2.39. The molecule has 0 saturated heterocycles. The van der Waals surface area contributed by atoms with Crippen LogP contribution in [0.2, 0.25) is 5.02 Å². The van der Waals surface area contributed by atoms with Crippen molar-refractivity contribution >= 4 is 11.6 Å². The molecule has 0 heterocycles. The topological polar surface area (TPSA) is 32.3 Å². The van der Waals surface area contributed by atoms with Crippen molar-refractivity contribution in [1.82, 2.24) is 5.32 Å². The van der Waals surface area contributed by atoms with Gasteiger partial charge in [-0.3, -0.25) is 0 Å². The van der Waals surface area contributed by atoms with Crippen LogP contribution in [0.4, 0.5) is 4.39 Å². The molecule has 2 N–H and O–H groups in total. The van der Waals surface area contributed by atoms with E-state index in [1.807, 2.05) is 6.92 Å².